The molecule has 3 saturated carbocycles. The molecule has 0 spiro atoms. The van der Waals surface area contributed by atoms with Gasteiger partial charge in [0.25, 0.3) is 0 Å². The number of aliphatic hydroxyl groups is 1. The summed E-state index contributed by atoms with van der Waals surface area (Å²) >= 11 is 0. The van der Waals surface area contributed by atoms with Crippen molar-refractivity contribution in [2.45, 2.75) is 119 Å². The number of aliphatic hydroxyl groups excluding tert-OH is 1. The lowest BCUT2D eigenvalue weighted by atomic mass is 9.37. The molecular weight excluding hydrogens is 392 g/mol. The average molecular weight is 441 g/mol. The molecule has 0 radical (unpaired) electrons. The highest BCUT2D eigenvalue weighted by Crippen LogP contribution is 2.75. The van der Waals surface area contributed by atoms with Crippen molar-refractivity contribution < 1.29 is 9.90 Å². The first-order valence-electron chi connectivity index (χ1n) is 13.7. The third kappa shape index (κ3) is 2.60. The van der Waals surface area contributed by atoms with E-state index < -0.39 is 6.10 Å². The Labute approximate surface area is 197 Å². The van der Waals surface area contributed by atoms with Gasteiger partial charge in [0, 0.05) is 12.0 Å². The van der Waals surface area contributed by atoms with E-state index in [1.54, 1.807) is 0 Å². The van der Waals surface area contributed by atoms with Crippen LogP contribution in [0.25, 0.3) is 0 Å². The molecule has 0 bridgehead atoms. The fourth-order valence-corrected chi connectivity index (χ4v) is 11.1. The molecule has 0 saturated heterocycles. The maximum Gasteiger partial charge on any atom is 0.160 e. The number of rotatable bonds is 1. The van der Waals surface area contributed by atoms with Crippen LogP contribution in [0.4, 0.5) is 0 Å². The number of carbonyl (C=O) groups is 1. The number of fused-ring (bicyclic) bond motifs is 6. The quantitative estimate of drug-likeness (QED) is 0.463. The molecule has 5 aliphatic carbocycles. The first-order chi connectivity index (χ1) is 14.7. The number of ketones is 1. The standard InChI is InChI=1S/C30H48O2/c1-18(2)19-10-11-22-27(19,5)14-15-29(7)25-20(31)16-23-26(3,4)12-9-13-28(23,6)24(25)21(32)17-30(22,29)8/h18-20,22-23,31H,9-17H2,1-8H3. The molecule has 32 heavy (non-hydrogen) atoms. The second-order valence-corrected chi connectivity index (χ2v) is 14.7. The fraction of sp³-hybridized carbons (Fsp3) is 0.900. The van der Waals surface area contributed by atoms with Crippen LogP contribution in [0.3, 0.4) is 0 Å². The van der Waals surface area contributed by atoms with Crippen molar-refractivity contribution in [2.24, 2.45) is 50.7 Å². The molecule has 0 heterocycles. The van der Waals surface area contributed by atoms with Gasteiger partial charge in [-0.05, 0) is 101 Å². The SMILES string of the molecule is CC(C)C1CCC2C1(C)CCC1(C)C3=C(C(=O)CC21C)C1(C)CCCC(C)(C)C1CC3O. The van der Waals surface area contributed by atoms with Gasteiger partial charge in [-0.1, -0.05) is 61.8 Å². The zero-order valence-corrected chi connectivity index (χ0v) is 22.1. The van der Waals surface area contributed by atoms with Gasteiger partial charge in [-0.3, -0.25) is 4.79 Å². The molecule has 8 unspecified atom stereocenters. The highest BCUT2D eigenvalue weighted by Gasteiger charge is 2.69. The lowest BCUT2D eigenvalue weighted by Gasteiger charge is -2.67. The molecule has 0 aromatic heterocycles. The normalized spacial score (nSPS) is 52.4. The van der Waals surface area contributed by atoms with Gasteiger partial charge < -0.3 is 5.11 Å². The smallest absolute Gasteiger partial charge is 0.160 e. The van der Waals surface area contributed by atoms with E-state index in [1.165, 1.54) is 37.7 Å². The molecular formula is C30H48O2. The fourth-order valence-electron chi connectivity index (χ4n) is 11.1. The van der Waals surface area contributed by atoms with E-state index in [9.17, 15) is 9.90 Å². The largest absolute Gasteiger partial charge is 0.389 e. The van der Waals surface area contributed by atoms with Gasteiger partial charge in [0.15, 0.2) is 5.78 Å². The van der Waals surface area contributed by atoms with Crippen molar-refractivity contribution in [3.05, 3.63) is 11.1 Å². The summed E-state index contributed by atoms with van der Waals surface area (Å²) in [6, 6.07) is 0. The molecule has 1 N–H and O–H groups in total. The number of allylic oxidation sites excluding steroid dienone is 1. The molecule has 2 heteroatoms. The third-order valence-electron chi connectivity index (χ3n) is 12.7. The maximum absolute atomic E-state index is 14.2. The highest BCUT2D eigenvalue weighted by molar-refractivity contribution is 6.00. The molecule has 2 nitrogen and oxygen atoms in total. The van der Waals surface area contributed by atoms with E-state index in [0.717, 1.165) is 30.8 Å². The van der Waals surface area contributed by atoms with Gasteiger partial charge in [0.05, 0.1) is 6.10 Å². The van der Waals surface area contributed by atoms with Crippen LogP contribution in [0, 0.1) is 50.7 Å². The van der Waals surface area contributed by atoms with Crippen LogP contribution in [0.2, 0.25) is 0 Å². The van der Waals surface area contributed by atoms with Crippen molar-refractivity contribution >= 4 is 5.78 Å². The second kappa shape index (κ2) is 6.73. The predicted octanol–water partition coefficient (Wildman–Crippen LogP) is 7.35. The lowest BCUT2D eigenvalue weighted by Crippen LogP contribution is -2.62. The van der Waals surface area contributed by atoms with Crippen molar-refractivity contribution in [1.29, 1.82) is 0 Å². The minimum absolute atomic E-state index is 0.0338. The molecule has 5 aliphatic rings. The first-order valence-corrected chi connectivity index (χ1v) is 13.7. The number of hydrogen-bond donors (Lipinski definition) is 1. The Balaban J connectivity index is 1.67. The van der Waals surface area contributed by atoms with Gasteiger partial charge in [-0.15, -0.1) is 0 Å². The van der Waals surface area contributed by atoms with Crippen molar-refractivity contribution in [1.82, 2.24) is 0 Å². The minimum Gasteiger partial charge on any atom is -0.389 e. The van der Waals surface area contributed by atoms with Crippen LogP contribution in [-0.4, -0.2) is 17.0 Å². The minimum atomic E-state index is -0.444. The van der Waals surface area contributed by atoms with Crippen LogP contribution in [0.5, 0.6) is 0 Å². The monoisotopic (exact) mass is 440 g/mol. The Morgan fingerprint density at radius 3 is 2.25 bits per heavy atom. The summed E-state index contributed by atoms with van der Waals surface area (Å²) in [7, 11) is 0. The Bertz CT molecular complexity index is 866. The topological polar surface area (TPSA) is 37.3 Å². The second-order valence-electron chi connectivity index (χ2n) is 14.7. The van der Waals surface area contributed by atoms with E-state index in [2.05, 4.69) is 55.4 Å². The molecule has 0 aromatic rings. The molecule has 3 fully saturated rings. The van der Waals surface area contributed by atoms with Crippen molar-refractivity contribution in [3.8, 4) is 0 Å². The van der Waals surface area contributed by atoms with Gasteiger partial charge >= 0.3 is 0 Å². The molecule has 0 amide bonds. The average Bonchev–Trinajstić information content (AvgIpc) is 3.03. The summed E-state index contributed by atoms with van der Waals surface area (Å²) in [5.41, 5.74) is 2.66. The third-order valence-corrected chi connectivity index (χ3v) is 12.7. The van der Waals surface area contributed by atoms with E-state index in [1.807, 2.05) is 0 Å². The predicted molar refractivity (Wildman–Crippen MR) is 131 cm³/mol. The summed E-state index contributed by atoms with van der Waals surface area (Å²) in [4.78, 5) is 14.2. The zero-order chi connectivity index (χ0) is 23.5. The van der Waals surface area contributed by atoms with Crippen molar-refractivity contribution in [3.63, 3.8) is 0 Å². The zero-order valence-electron chi connectivity index (χ0n) is 22.1. The summed E-state index contributed by atoms with van der Waals surface area (Å²) in [6.07, 6.45) is 9.56. The Morgan fingerprint density at radius 1 is 0.906 bits per heavy atom. The van der Waals surface area contributed by atoms with Gasteiger partial charge in [0.1, 0.15) is 0 Å². The molecule has 0 aliphatic heterocycles. The number of Topliss-reactive ketones (excluding diaryl/α,β-unsaturated/α-hetero) is 1. The van der Waals surface area contributed by atoms with Crippen LogP contribution in [-0.2, 0) is 4.79 Å². The summed E-state index contributed by atoms with van der Waals surface area (Å²) in [5, 5.41) is 11.8. The Hall–Kier alpha value is -0.630. The Kier molecular flexibility index (Phi) is 4.87. The van der Waals surface area contributed by atoms with Crippen LogP contribution in [0.15, 0.2) is 11.1 Å². The number of hydrogen-bond acceptors (Lipinski definition) is 2. The lowest BCUT2D eigenvalue weighted by molar-refractivity contribution is -0.149. The van der Waals surface area contributed by atoms with E-state index in [0.29, 0.717) is 35.4 Å². The van der Waals surface area contributed by atoms with E-state index in [-0.39, 0.29) is 21.7 Å². The summed E-state index contributed by atoms with van der Waals surface area (Å²) in [6.45, 7) is 19.4. The summed E-state index contributed by atoms with van der Waals surface area (Å²) in [5.74, 6) is 2.84. The molecule has 180 valence electrons. The van der Waals surface area contributed by atoms with Gasteiger partial charge in [-0.2, -0.15) is 0 Å². The molecule has 5 rings (SSSR count). The van der Waals surface area contributed by atoms with Crippen LogP contribution >= 0.6 is 0 Å². The number of carbonyl (C=O) groups excluding carboxylic acids is 1. The van der Waals surface area contributed by atoms with Crippen LogP contribution in [0.1, 0.15) is 113 Å². The maximum atomic E-state index is 14.2. The highest BCUT2D eigenvalue weighted by atomic mass is 16.3. The van der Waals surface area contributed by atoms with E-state index >= 15 is 0 Å². The summed E-state index contributed by atoms with van der Waals surface area (Å²) < 4.78 is 0. The van der Waals surface area contributed by atoms with Gasteiger partial charge in [-0.25, -0.2) is 0 Å². The molecule has 0 aromatic carbocycles. The first kappa shape index (κ1) is 23.1. The van der Waals surface area contributed by atoms with Gasteiger partial charge in [0.2, 0.25) is 0 Å². The van der Waals surface area contributed by atoms with E-state index in [4.69, 9.17) is 0 Å². The molecule has 8 atom stereocenters. The van der Waals surface area contributed by atoms with Crippen molar-refractivity contribution in [2.75, 3.05) is 0 Å². The van der Waals surface area contributed by atoms with Crippen LogP contribution < -0.4 is 0 Å². The Morgan fingerprint density at radius 2 is 1.59 bits per heavy atom.